The van der Waals surface area contributed by atoms with Crippen molar-refractivity contribution in [3.8, 4) is 17.2 Å². The number of ether oxygens (including phenoxy) is 2. The molecule has 0 spiro atoms. The van der Waals surface area contributed by atoms with Crippen LogP contribution in [0.25, 0.3) is 11.1 Å². The molecule has 3 amide bonds. The lowest BCUT2D eigenvalue weighted by Gasteiger charge is -2.35. The molecule has 0 bridgehead atoms. The van der Waals surface area contributed by atoms with Crippen LogP contribution in [-0.4, -0.2) is 79.2 Å². The molecule has 0 aliphatic carbocycles. The van der Waals surface area contributed by atoms with Crippen LogP contribution in [0.2, 0.25) is 0 Å². The summed E-state index contributed by atoms with van der Waals surface area (Å²) in [5.41, 5.74) is 3.10. The Morgan fingerprint density at radius 1 is 0.788 bits per heavy atom. The van der Waals surface area contributed by atoms with Gasteiger partial charge in [-0.25, -0.2) is 14.6 Å². The third kappa shape index (κ3) is 13.0. The number of pyridine rings is 1. The Balaban J connectivity index is 1.92. The lowest BCUT2D eigenvalue weighted by atomic mass is 9.85. The number of aromatic nitrogens is 1. The molecule has 0 saturated carbocycles. The number of nitrogens with zero attached hydrogens (tertiary/aromatic N) is 2. The Hall–Kier alpha value is -4.99. The second-order valence-corrected chi connectivity index (χ2v) is 15.1. The number of carbonyl (C=O) groups is 3. The molecule has 3 aromatic rings. The molecular formula is C40H54N6O6. The van der Waals surface area contributed by atoms with Gasteiger partial charge < -0.3 is 35.8 Å². The maximum absolute atomic E-state index is 13.8. The van der Waals surface area contributed by atoms with Crippen molar-refractivity contribution in [3.05, 3.63) is 89.7 Å². The number of nitriles is 1. The molecule has 5 N–H and O–H groups in total. The first kappa shape index (κ1) is 41.4. The Labute approximate surface area is 307 Å². The molecule has 280 valence electrons. The second kappa shape index (κ2) is 19.0. The molecule has 12 heteroatoms. The highest BCUT2D eigenvalue weighted by Crippen LogP contribution is 2.24. The topological polar surface area (TPSA) is 175 Å². The van der Waals surface area contributed by atoms with E-state index in [0.717, 1.165) is 22.3 Å². The molecule has 0 unspecified atom stereocenters. The minimum Gasteiger partial charge on any atom is -0.453 e. The number of amides is 3. The van der Waals surface area contributed by atoms with E-state index in [0.29, 0.717) is 25.1 Å². The fourth-order valence-electron chi connectivity index (χ4n) is 5.79. The van der Waals surface area contributed by atoms with Crippen molar-refractivity contribution >= 4 is 18.1 Å². The molecular weight excluding hydrogens is 660 g/mol. The number of aliphatic hydroxyl groups excluding tert-OH is 1. The molecule has 12 nitrogen and oxygen atoms in total. The number of alkyl carbamates (subject to hydrolysis) is 2. The summed E-state index contributed by atoms with van der Waals surface area (Å²) in [6, 6.07) is 20.9. The number of rotatable bonds is 15. The third-order valence-electron chi connectivity index (χ3n) is 8.97. The van der Waals surface area contributed by atoms with Gasteiger partial charge in [0.25, 0.3) is 0 Å². The normalized spacial score (nSPS) is 14.5. The molecule has 0 saturated heterocycles. The molecule has 3 rings (SSSR count). The van der Waals surface area contributed by atoms with Gasteiger partial charge in [0.2, 0.25) is 5.91 Å². The smallest absolute Gasteiger partial charge is 0.407 e. The zero-order valence-corrected chi connectivity index (χ0v) is 31.5. The predicted octanol–water partition coefficient (Wildman–Crippen LogP) is 5.14. The molecule has 1 aromatic heterocycles. The van der Waals surface area contributed by atoms with E-state index < -0.39 is 47.7 Å². The highest BCUT2D eigenvalue weighted by atomic mass is 16.5. The number of carbonyl (C=O) groups excluding carboxylic acids is 3. The first-order chi connectivity index (χ1) is 24.5. The first-order valence-electron chi connectivity index (χ1n) is 17.4. The van der Waals surface area contributed by atoms with Crippen molar-refractivity contribution in [1.29, 1.82) is 5.26 Å². The monoisotopic (exact) mass is 714 g/mol. The number of nitrogens with one attached hydrogen (secondary N) is 4. The molecule has 5 atom stereocenters. The third-order valence-corrected chi connectivity index (χ3v) is 8.97. The van der Waals surface area contributed by atoms with E-state index in [2.05, 4.69) is 26.3 Å². The van der Waals surface area contributed by atoms with Gasteiger partial charge >= 0.3 is 12.2 Å². The number of methoxy groups -OCH3 is 2. The van der Waals surface area contributed by atoms with E-state index >= 15 is 0 Å². The summed E-state index contributed by atoms with van der Waals surface area (Å²) in [5, 5.41) is 33.3. The fourth-order valence-corrected chi connectivity index (χ4v) is 5.79. The van der Waals surface area contributed by atoms with Gasteiger partial charge in [0.15, 0.2) is 0 Å². The molecule has 0 radical (unpaired) electrons. The van der Waals surface area contributed by atoms with Gasteiger partial charge in [-0.1, -0.05) is 96.1 Å². The van der Waals surface area contributed by atoms with Crippen LogP contribution in [0.3, 0.4) is 0 Å². The summed E-state index contributed by atoms with van der Waals surface area (Å²) >= 11 is 0. The lowest BCUT2D eigenvalue weighted by Crippen LogP contribution is -2.57. The van der Waals surface area contributed by atoms with E-state index in [1.807, 2.05) is 108 Å². The van der Waals surface area contributed by atoms with Crippen LogP contribution in [0.5, 0.6) is 0 Å². The van der Waals surface area contributed by atoms with Crippen molar-refractivity contribution in [2.75, 3.05) is 20.8 Å². The van der Waals surface area contributed by atoms with Gasteiger partial charge in [0.05, 0.1) is 20.3 Å². The average molecular weight is 715 g/mol. The summed E-state index contributed by atoms with van der Waals surface area (Å²) < 4.78 is 9.68. The number of aliphatic hydroxyl groups is 1. The van der Waals surface area contributed by atoms with Gasteiger partial charge in [-0.05, 0) is 58.9 Å². The minimum absolute atomic E-state index is 0.187. The van der Waals surface area contributed by atoms with Crippen LogP contribution >= 0.6 is 0 Å². The van der Waals surface area contributed by atoms with Crippen molar-refractivity contribution in [2.24, 2.45) is 10.8 Å². The second-order valence-electron chi connectivity index (χ2n) is 15.1. The molecule has 2 aromatic carbocycles. The average Bonchev–Trinajstić information content (AvgIpc) is 3.11. The highest BCUT2D eigenvalue weighted by Gasteiger charge is 2.35. The maximum atomic E-state index is 13.8. The SMILES string of the molecule is COC(=O)N[C@H](C(=O)N[C@@H](Cc1ccccc1)C[C@H](O)[C@H](Cc1ccc(-c2ccc(C#N)nc2)cc1)NC[C@@H](NC(=O)OC)C(C)(C)C)C(C)(C)C. The largest absolute Gasteiger partial charge is 0.453 e. The highest BCUT2D eigenvalue weighted by molar-refractivity contribution is 5.86. The van der Waals surface area contributed by atoms with Gasteiger partial charge in [-0.15, -0.1) is 0 Å². The molecule has 52 heavy (non-hydrogen) atoms. The number of hydrogen-bond donors (Lipinski definition) is 5. The Morgan fingerprint density at radius 2 is 1.38 bits per heavy atom. The molecule has 0 fully saturated rings. The summed E-state index contributed by atoms with van der Waals surface area (Å²) in [5.74, 6) is -0.390. The van der Waals surface area contributed by atoms with E-state index in [1.165, 1.54) is 14.2 Å². The molecule has 0 aliphatic heterocycles. The van der Waals surface area contributed by atoms with Gasteiger partial charge in [-0.2, -0.15) is 5.26 Å². The van der Waals surface area contributed by atoms with Crippen molar-refractivity contribution in [1.82, 2.24) is 26.3 Å². The fraction of sp³-hybridized carbons (Fsp3) is 0.475. The van der Waals surface area contributed by atoms with E-state index in [4.69, 9.17) is 14.7 Å². The van der Waals surface area contributed by atoms with Crippen LogP contribution < -0.4 is 21.3 Å². The van der Waals surface area contributed by atoms with E-state index in [9.17, 15) is 19.5 Å². The summed E-state index contributed by atoms with van der Waals surface area (Å²) in [4.78, 5) is 42.4. The van der Waals surface area contributed by atoms with E-state index in [1.54, 1.807) is 12.3 Å². The number of benzene rings is 2. The Morgan fingerprint density at radius 3 is 1.92 bits per heavy atom. The van der Waals surface area contributed by atoms with Crippen LogP contribution in [-0.2, 0) is 27.1 Å². The maximum Gasteiger partial charge on any atom is 0.407 e. The minimum atomic E-state index is -0.947. The van der Waals surface area contributed by atoms with Gasteiger partial charge in [-0.3, -0.25) is 4.79 Å². The zero-order valence-electron chi connectivity index (χ0n) is 31.5. The van der Waals surface area contributed by atoms with Crippen LogP contribution in [0.1, 0.15) is 64.8 Å². The van der Waals surface area contributed by atoms with Crippen molar-refractivity contribution in [2.45, 2.75) is 91.1 Å². The van der Waals surface area contributed by atoms with Crippen molar-refractivity contribution < 1.29 is 29.0 Å². The lowest BCUT2D eigenvalue weighted by molar-refractivity contribution is -0.126. The predicted molar refractivity (Wildman–Crippen MR) is 200 cm³/mol. The van der Waals surface area contributed by atoms with Crippen LogP contribution in [0.4, 0.5) is 9.59 Å². The molecule has 0 aliphatic rings. The standard InChI is InChI=1S/C40H54N6O6/c1-39(2,3)34(45-37(49)51-7)25-43-32(21-27-14-16-28(17-15-27)29-18-19-30(23-41)42-24-29)33(47)22-31(20-26-12-10-9-11-13-26)44-36(48)35(40(4,5)6)46-38(50)52-8/h9-19,24,31-35,43,47H,20-22,25H2,1-8H3,(H,44,48)(H,45,49)(H,46,50)/t31-,32-,33-,34+,35+/m0/s1. The molecule has 1 heterocycles. The van der Waals surface area contributed by atoms with Crippen LogP contribution in [0, 0.1) is 22.2 Å². The van der Waals surface area contributed by atoms with Gasteiger partial charge in [0.1, 0.15) is 17.8 Å². The van der Waals surface area contributed by atoms with Gasteiger partial charge in [0, 0.05) is 36.4 Å². The summed E-state index contributed by atoms with van der Waals surface area (Å²) in [6.45, 7) is 11.9. The van der Waals surface area contributed by atoms with E-state index in [-0.39, 0.29) is 17.9 Å². The Bertz CT molecular complexity index is 1630. The quantitative estimate of drug-likeness (QED) is 0.143. The Kier molecular flexibility index (Phi) is 15.2. The summed E-state index contributed by atoms with van der Waals surface area (Å²) in [7, 11) is 2.57. The zero-order chi connectivity index (χ0) is 38.5. The summed E-state index contributed by atoms with van der Waals surface area (Å²) in [6.07, 6.45) is 0.509. The first-order valence-corrected chi connectivity index (χ1v) is 17.4. The van der Waals surface area contributed by atoms with Crippen molar-refractivity contribution in [3.63, 3.8) is 0 Å². The van der Waals surface area contributed by atoms with Crippen LogP contribution in [0.15, 0.2) is 72.9 Å². The number of hydrogen-bond acceptors (Lipinski definition) is 9.